The Kier molecular flexibility index (Phi) is 4.62. The van der Waals surface area contributed by atoms with Crippen LogP contribution in [0.2, 0.25) is 5.15 Å². The standard InChI is InChI=1S/C15H17ClN4O3S/c1-18-11-17-14(13(18)16)24(22,23)20-9-7-19(8-10-20)15(21)12-5-3-2-4-6-12/h2-6,11H,7-10H2,1H3. The third-order valence-electron chi connectivity index (χ3n) is 3.97. The first-order valence-corrected chi connectivity index (χ1v) is 9.24. The van der Waals surface area contributed by atoms with E-state index in [1.54, 1.807) is 36.2 Å². The van der Waals surface area contributed by atoms with E-state index in [-0.39, 0.29) is 29.2 Å². The highest BCUT2D eigenvalue weighted by molar-refractivity contribution is 7.89. The van der Waals surface area contributed by atoms with Crippen molar-refractivity contribution in [1.82, 2.24) is 18.8 Å². The molecule has 1 amide bonds. The first-order valence-electron chi connectivity index (χ1n) is 7.42. The van der Waals surface area contributed by atoms with E-state index in [1.807, 2.05) is 6.07 Å². The van der Waals surface area contributed by atoms with Crippen LogP contribution in [-0.2, 0) is 17.1 Å². The Morgan fingerprint density at radius 2 is 1.75 bits per heavy atom. The first-order chi connectivity index (χ1) is 11.4. The summed E-state index contributed by atoms with van der Waals surface area (Å²) in [6, 6.07) is 8.95. The van der Waals surface area contributed by atoms with Gasteiger partial charge in [-0.1, -0.05) is 29.8 Å². The molecule has 0 spiro atoms. The van der Waals surface area contributed by atoms with Crippen molar-refractivity contribution in [1.29, 1.82) is 0 Å². The Labute approximate surface area is 145 Å². The van der Waals surface area contributed by atoms with E-state index >= 15 is 0 Å². The summed E-state index contributed by atoms with van der Waals surface area (Å²) in [5.41, 5.74) is 0.599. The highest BCUT2D eigenvalue weighted by atomic mass is 35.5. The lowest BCUT2D eigenvalue weighted by molar-refractivity contribution is 0.0698. The minimum atomic E-state index is -3.75. The summed E-state index contributed by atoms with van der Waals surface area (Å²) in [5.74, 6) is -0.0940. The number of carbonyl (C=O) groups excluding carboxylic acids is 1. The number of sulfonamides is 1. The van der Waals surface area contributed by atoms with Gasteiger partial charge in [0, 0.05) is 38.8 Å². The van der Waals surface area contributed by atoms with Crippen LogP contribution in [-0.4, -0.2) is 59.3 Å². The van der Waals surface area contributed by atoms with Gasteiger partial charge < -0.3 is 9.47 Å². The lowest BCUT2D eigenvalue weighted by Crippen LogP contribution is -2.50. The third-order valence-corrected chi connectivity index (χ3v) is 6.36. The average Bonchev–Trinajstić information content (AvgIpc) is 2.95. The third kappa shape index (κ3) is 3.04. The molecule has 1 aliphatic rings. The molecule has 24 heavy (non-hydrogen) atoms. The maximum Gasteiger partial charge on any atom is 0.263 e. The van der Waals surface area contributed by atoms with Crippen LogP contribution in [0.3, 0.4) is 0 Å². The van der Waals surface area contributed by atoms with Gasteiger partial charge >= 0.3 is 0 Å². The summed E-state index contributed by atoms with van der Waals surface area (Å²) < 4.78 is 28.0. The topological polar surface area (TPSA) is 75.5 Å². The molecule has 1 fully saturated rings. The number of imidazole rings is 1. The van der Waals surface area contributed by atoms with Gasteiger partial charge in [0.05, 0.1) is 6.33 Å². The number of benzene rings is 1. The fraction of sp³-hybridized carbons (Fsp3) is 0.333. The molecule has 128 valence electrons. The first kappa shape index (κ1) is 16.9. The number of amides is 1. The molecule has 0 atom stereocenters. The van der Waals surface area contributed by atoms with Crippen molar-refractivity contribution < 1.29 is 13.2 Å². The number of carbonyl (C=O) groups is 1. The van der Waals surface area contributed by atoms with Crippen molar-refractivity contribution >= 4 is 27.5 Å². The fourth-order valence-corrected chi connectivity index (χ4v) is 4.39. The molecule has 2 aromatic rings. The van der Waals surface area contributed by atoms with Gasteiger partial charge in [0.1, 0.15) is 5.15 Å². The second-order valence-corrected chi connectivity index (χ2v) is 7.72. The van der Waals surface area contributed by atoms with Gasteiger partial charge in [-0.15, -0.1) is 0 Å². The number of piperazine rings is 1. The molecule has 0 bridgehead atoms. The van der Waals surface area contributed by atoms with Gasteiger partial charge in [-0.25, -0.2) is 13.4 Å². The van der Waals surface area contributed by atoms with Crippen LogP contribution >= 0.6 is 11.6 Å². The van der Waals surface area contributed by atoms with Gasteiger partial charge in [0.2, 0.25) is 5.03 Å². The summed E-state index contributed by atoms with van der Waals surface area (Å²) in [5, 5.41) is -0.0627. The molecule has 1 saturated heterocycles. The van der Waals surface area contributed by atoms with E-state index in [0.717, 1.165) is 0 Å². The number of hydrogen-bond acceptors (Lipinski definition) is 4. The highest BCUT2D eigenvalue weighted by Gasteiger charge is 2.33. The van der Waals surface area contributed by atoms with Crippen molar-refractivity contribution in [2.45, 2.75) is 5.03 Å². The Hall–Kier alpha value is -1.90. The molecule has 0 N–H and O–H groups in total. The summed E-state index contributed by atoms with van der Waals surface area (Å²) >= 11 is 6.00. The van der Waals surface area contributed by atoms with Gasteiger partial charge in [-0.3, -0.25) is 4.79 Å². The van der Waals surface area contributed by atoms with Crippen LogP contribution in [0.1, 0.15) is 10.4 Å². The molecule has 0 unspecified atom stereocenters. The maximum atomic E-state index is 12.6. The number of hydrogen-bond donors (Lipinski definition) is 0. The number of rotatable bonds is 3. The van der Waals surface area contributed by atoms with Gasteiger partial charge in [-0.05, 0) is 12.1 Å². The molecular weight excluding hydrogens is 352 g/mol. The Morgan fingerprint density at radius 1 is 1.12 bits per heavy atom. The minimum Gasteiger partial charge on any atom is -0.336 e. The van der Waals surface area contributed by atoms with Crippen molar-refractivity contribution in [2.24, 2.45) is 7.05 Å². The molecule has 1 aliphatic heterocycles. The minimum absolute atomic E-state index is 0.0813. The van der Waals surface area contributed by atoms with Crippen LogP contribution in [0.5, 0.6) is 0 Å². The van der Waals surface area contributed by atoms with Crippen LogP contribution < -0.4 is 0 Å². The molecule has 2 heterocycles. The van der Waals surface area contributed by atoms with Crippen LogP contribution in [0.25, 0.3) is 0 Å². The van der Waals surface area contributed by atoms with Crippen molar-refractivity contribution in [3.63, 3.8) is 0 Å². The maximum absolute atomic E-state index is 12.6. The van der Waals surface area contributed by atoms with E-state index in [9.17, 15) is 13.2 Å². The number of aromatic nitrogens is 2. The summed E-state index contributed by atoms with van der Waals surface area (Å²) in [6.07, 6.45) is 1.37. The fourth-order valence-electron chi connectivity index (χ4n) is 2.58. The summed E-state index contributed by atoms with van der Waals surface area (Å²) in [4.78, 5) is 17.9. The zero-order chi connectivity index (χ0) is 17.3. The lowest BCUT2D eigenvalue weighted by atomic mass is 10.2. The Morgan fingerprint density at radius 3 is 2.29 bits per heavy atom. The monoisotopic (exact) mass is 368 g/mol. The molecule has 9 heteroatoms. The van der Waals surface area contributed by atoms with Crippen LogP contribution in [0, 0.1) is 0 Å². The second kappa shape index (κ2) is 6.54. The molecule has 0 saturated carbocycles. The van der Waals surface area contributed by atoms with E-state index in [0.29, 0.717) is 18.7 Å². The Bertz CT molecular complexity index is 843. The molecule has 7 nitrogen and oxygen atoms in total. The van der Waals surface area contributed by atoms with Gasteiger partial charge in [-0.2, -0.15) is 4.31 Å². The quantitative estimate of drug-likeness (QED) is 0.816. The number of halogens is 1. The van der Waals surface area contributed by atoms with Crippen molar-refractivity contribution in [3.05, 3.63) is 47.4 Å². The second-order valence-electron chi connectivity index (χ2n) is 5.51. The molecular formula is C15H17ClN4O3S. The molecule has 1 aromatic heterocycles. The Balaban J connectivity index is 1.71. The lowest BCUT2D eigenvalue weighted by Gasteiger charge is -2.33. The SMILES string of the molecule is Cn1cnc(S(=O)(=O)N2CCN(C(=O)c3ccccc3)CC2)c1Cl. The van der Waals surface area contributed by atoms with Gasteiger partial charge in [0.25, 0.3) is 15.9 Å². The van der Waals surface area contributed by atoms with Crippen molar-refractivity contribution in [3.8, 4) is 0 Å². The zero-order valence-electron chi connectivity index (χ0n) is 13.1. The number of aryl methyl sites for hydroxylation is 1. The molecule has 0 aliphatic carbocycles. The van der Waals surface area contributed by atoms with E-state index in [2.05, 4.69) is 4.98 Å². The van der Waals surface area contributed by atoms with Crippen LogP contribution in [0.4, 0.5) is 0 Å². The predicted octanol–water partition coefficient (Wildman–Crippen LogP) is 1.22. The smallest absolute Gasteiger partial charge is 0.263 e. The summed E-state index contributed by atoms with van der Waals surface area (Å²) in [6.45, 7) is 1.09. The van der Waals surface area contributed by atoms with Crippen LogP contribution in [0.15, 0.2) is 41.7 Å². The summed E-state index contributed by atoms with van der Waals surface area (Å²) in [7, 11) is -2.12. The van der Waals surface area contributed by atoms with E-state index in [4.69, 9.17) is 11.6 Å². The normalized spacial score (nSPS) is 16.3. The molecule has 1 aromatic carbocycles. The van der Waals surface area contributed by atoms with Crippen molar-refractivity contribution in [2.75, 3.05) is 26.2 Å². The molecule has 0 radical (unpaired) electrons. The van der Waals surface area contributed by atoms with E-state index < -0.39 is 10.0 Å². The van der Waals surface area contributed by atoms with E-state index in [1.165, 1.54) is 15.2 Å². The zero-order valence-corrected chi connectivity index (χ0v) is 14.7. The number of nitrogens with zero attached hydrogens (tertiary/aromatic N) is 4. The molecule has 3 rings (SSSR count). The highest BCUT2D eigenvalue weighted by Crippen LogP contribution is 2.23. The average molecular weight is 369 g/mol. The largest absolute Gasteiger partial charge is 0.336 e. The van der Waals surface area contributed by atoms with Gasteiger partial charge in [0.15, 0.2) is 0 Å². The predicted molar refractivity (Wildman–Crippen MR) is 89.3 cm³/mol.